The standard InChI is InChI=1S/C28H38N4O2S/c1-3-32-28(22-26(29-32)21-23-11-7-5-8-12-23)25-15-18-31(19-16-25)20-17-27(30-35(33,34)4-2)24-13-9-6-10-14-24/h5-14,22,25,27,30H,3-4,15-21H2,1-2H3. The van der Waals surface area contributed by atoms with Gasteiger partial charge in [0.25, 0.3) is 0 Å². The van der Waals surface area contributed by atoms with E-state index in [0.29, 0.717) is 5.92 Å². The number of nitrogens with one attached hydrogen (secondary N) is 1. The Morgan fingerprint density at radius 2 is 1.66 bits per heavy atom. The molecule has 2 heterocycles. The number of piperidine rings is 1. The molecule has 3 aromatic rings. The first-order valence-electron chi connectivity index (χ1n) is 12.8. The summed E-state index contributed by atoms with van der Waals surface area (Å²) < 4.78 is 29.6. The minimum absolute atomic E-state index is 0.0963. The number of aryl methyl sites for hydroxylation is 1. The van der Waals surface area contributed by atoms with Crippen molar-refractivity contribution >= 4 is 10.0 Å². The highest BCUT2D eigenvalue weighted by Gasteiger charge is 2.25. The summed E-state index contributed by atoms with van der Waals surface area (Å²) in [5.74, 6) is 0.616. The lowest BCUT2D eigenvalue weighted by Crippen LogP contribution is -2.37. The largest absolute Gasteiger partial charge is 0.303 e. The second kappa shape index (κ2) is 12.0. The van der Waals surface area contributed by atoms with Crippen molar-refractivity contribution in [3.8, 4) is 0 Å². The van der Waals surface area contributed by atoms with Crippen LogP contribution in [0.4, 0.5) is 0 Å². The van der Waals surface area contributed by atoms with Gasteiger partial charge >= 0.3 is 0 Å². The summed E-state index contributed by atoms with van der Waals surface area (Å²) >= 11 is 0. The third-order valence-corrected chi connectivity index (χ3v) is 8.44. The molecule has 0 spiro atoms. The topological polar surface area (TPSA) is 67.2 Å². The number of nitrogens with zero attached hydrogens (tertiary/aromatic N) is 3. The van der Waals surface area contributed by atoms with E-state index in [0.717, 1.165) is 63.1 Å². The number of rotatable bonds is 11. The first kappa shape index (κ1) is 25.6. The van der Waals surface area contributed by atoms with E-state index < -0.39 is 10.0 Å². The van der Waals surface area contributed by atoms with Crippen LogP contribution in [-0.4, -0.2) is 48.5 Å². The van der Waals surface area contributed by atoms with Crippen molar-refractivity contribution in [1.82, 2.24) is 19.4 Å². The molecule has 0 radical (unpaired) electrons. The van der Waals surface area contributed by atoms with Crippen LogP contribution in [0.25, 0.3) is 0 Å². The van der Waals surface area contributed by atoms with Gasteiger partial charge in [0.05, 0.1) is 11.4 Å². The smallest absolute Gasteiger partial charge is 0.211 e. The highest BCUT2D eigenvalue weighted by Crippen LogP contribution is 2.30. The molecule has 0 saturated carbocycles. The van der Waals surface area contributed by atoms with Crippen molar-refractivity contribution < 1.29 is 8.42 Å². The van der Waals surface area contributed by atoms with E-state index in [1.807, 2.05) is 36.4 Å². The van der Waals surface area contributed by atoms with Gasteiger partial charge in [-0.05, 0) is 69.9 Å². The van der Waals surface area contributed by atoms with Crippen molar-refractivity contribution in [2.75, 3.05) is 25.4 Å². The third kappa shape index (κ3) is 7.03. The van der Waals surface area contributed by atoms with Crippen LogP contribution in [0.1, 0.15) is 67.6 Å². The molecule has 7 heteroatoms. The van der Waals surface area contributed by atoms with Crippen LogP contribution >= 0.6 is 0 Å². The molecule has 35 heavy (non-hydrogen) atoms. The van der Waals surface area contributed by atoms with Crippen LogP contribution in [0, 0.1) is 0 Å². The van der Waals surface area contributed by atoms with Gasteiger partial charge in [-0.15, -0.1) is 0 Å². The fourth-order valence-electron chi connectivity index (χ4n) is 5.00. The maximum absolute atomic E-state index is 12.3. The Labute approximate surface area is 210 Å². The average molecular weight is 495 g/mol. The molecule has 1 aromatic heterocycles. The summed E-state index contributed by atoms with van der Waals surface area (Å²) in [7, 11) is -3.27. The Kier molecular flexibility index (Phi) is 8.76. The maximum atomic E-state index is 12.3. The summed E-state index contributed by atoms with van der Waals surface area (Å²) in [5.41, 5.74) is 4.82. The molecule has 1 aliphatic heterocycles. The number of benzene rings is 2. The van der Waals surface area contributed by atoms with Crippen LogP contribution in [0.3, 0.4) is 0 Å². The first-order chi connectivity index (χ1) is 17.0. The van der Waals surface area contributed by atoms with Crippen molar-refractivity contribution in [1.29, 1.82) is 0 Å². The molecular weight excluding hydrogens is 456 g/mol. The average Bonchev–Trinajstić information content (AvgIpc) is 3.30. The number of likely N-dealkylation sites (tertiary alicyclic amines) is 1. The molecule has 0 amide bonds. The summed E-state index contributed by atoms with van der Waals surface area (Å²) in [6, 6.07) is 22.6. The molecule has 0 bridgehead atoms. The minimum Gasteiger partial charge on any atom is -0.303 e. The monoisotopic (exact) mass is 494 g/mol. The summed E-state index contributed by atoms with van der Waals surface area (Å²) in [4.78, 5) is 2.48. The zero-order valence-electron chi connectivity index (χ0n) is 20.9. The summed E-state index contributed by atoms with van der Waals surface area (Å²) in [5, 5.41) is 4.89. The lowest BCUT2D eigenvalue weighted by Gasteiger charge is -2.33. The Bertz CT molecular complexity index is 1150. The Balaban J connectivity index is 1.35. The van der Waals surface area contributed by atoms with Crippen molar-refractivity contribution in [2.24, 2.45) is 0 Å². The fraction of sp³-hybridized carbons (Fsp3) is 0.464. The van der Waals surface area contributed by atoms with Gasteiger partial charge in [-0.3, -0.25) is 4.68 Å². The normalized spacial score (nSPS) is 16.4. The fourth-order valence-corrected chi connectivity index (χ4v) is 5.86. The van der Waals surface area contributed by atoms with Gasteiger partial charge in [0.2, 0.25) is 10.0 Å². The van der Waals surface area contributed by atoms with Crippen LogP contribution in [-0.2, 0) is 23.0 Å². The molecule has 6 nitrogen and oxygen atoms in total. The molecule has 4 rings (SSSR count). The second-order valence-corrected chi connectivity index (χ2v) is 11.5. The van der Waals surface area contributed by atoms with E-state index in [1.165, 1.54) is 11.3 Å². The number of hydrogen-bond acceptors (Lipinski definition) is 4. The molecule has 0 aliphatic carbocycles. The summed E-state index contributed by atoms with van der Waals surface area (Å²) in [6.07, 6.45) is 3.84. The quantitative estimate of drug-likeness (QED) is 0.418. The van der Waals surface area contributed by atoms with Crippen LogP contribution in [0.15, 0.2) is 66.7 Å². The van der Waals surface area contributed by atoms with E-state index >= 15 is 0 Å². The molecule has 1 atom stereocenters. The molecule has 2 aromatic carbocycles. The van der Waals surface area contributed by atoms with E-state index in [9.17, 15) is 8.42 Å². The lowest BCUT2D eigenvalue weighted by atomic mass is 9.92. The Morgan fingerprint density at radius 1 is 1.00 bits per heavy atom. The van der Waals surface area contributed by atoms with Crippen molar-refractivity contribution in [3.63, 3.8) is 0 Å². The van der Waals surface area contributed by atoms with Gasteiger partial charge in [-0.2, -0.15) is 5.10 Å². The molecule has 188 valence electrons. The Hall–Kier alpha value is -2.48. The van der Waals surface area contributed by atoms with Gasteiger partial charge in [0, 0.05) is 30.6 Å². The molecule has 1 saturated heterocycles. The molecule has 1 aliphatic rings. The predicted molar refractivity (Wildman–Crippen MR) is 142 cm³/mol. The summed E-state index contributed by atoms with van der Waals surface area (Å²) in [6.45, 7) is 7.66. The minimum atomic E-state index is -3.27. The Morgan fingerprint density at radius 3 is 2.29 bits per heavy atom. The second-order valence-electron chi connectivity index (χ2n) is 9.43. The van der Waals surface area contributed by atoms with Gasteiger partial charge < -0.3 is 4.90 Å². The number of hydrogen-bond donors (Lipinski definition) is 1. The van der Waals surface area contributed by atoms with Crippen LogP contribution in [0.2, 0.25) is 0 Å². The van der Waals surface area contributed by atoms with Gasteiger partial charge in [-0.25, -0.2) is 13.1 Å². The SMILES string of the molecule is CCn1nc(Cc2ccccc2)cc1C1CCN(CCC(NS(=O)(=O)CC)c2ccccc2)CC1. The van der Waals surface area contributed by atoms with E-state index in [-0.39, 0.29) is 11.8 Å². The molecule has 1 unspecified atom stereocenters. The van der Waals surface area contributed by atoms with Gasteiger partial charge in [0.1, 0.15) is 0 Å². The highest BCUT2D eigenvalue weighted by molar-refractivity contribution is 7.89. The van der Waals surface area contributed by atoms with E-state index in [4.69, 9.17) is 5.10 Å². The van der Waals surface area contributed by atoms with E-state index in [2.05, 4.69) is 51.6 Å². The number of sulfonamides is 1. The van der Waals surface area contributed by atoms with Crippen molar-refractivity contribution in [2.45, 2.75) is 58.0 Å². The van der Waals surface area contributed by atoms with Crippen LogP contribution in [0.5, 0.6) is 0 Å². The zero-order valence-corrected chi connectivity index (χ0v) is 21.8. The lowest BCUT2D eigenvalue weighted by molar-refractivity contribution is 0.201. The van der Waals surface area contributed by atoms with E-state index in [1.54, 1.807) is 6.92 Å². The van der Waals surface area contributed by atoms with Gasteiger partial charge in [0.15, 0.2) is 0 Å². The highest BCUT2D eigenvalue weighted by atomic mass is 32.2. The zero-order chi connectivity index (χ0) is 24.7. The first-order valence-corrected chi connectivity index (χ1v) is 14.5. The van der Waals surface area contributed by atoms with Gasteiger partial charge in [-0.1, -0.05) is 60.7 Å². The molecule has 1 fully saturated rings. The number of aromatic nitrogens is 2. The molecule has 1 N–H and O–H groups in total. The molecular formula is C28H38N4O2S. The maximum Gasteiger partial charge on any atom is 0.211 e. The van der Waals surface area contributed by atoms with Crippen molar-refractivity contribution in [3.05, 3.63) is 89.2 Å². The van der Waals surface area contributed by atoms with Crippen LogP contribution < -0.4 is 4.72 Å². The third-order valence-electron chi connectivity index (χ3n) is 7.03. The predicted octanol–water partition coefficient (Wildman–Crippen LogP) is 4.74.